The van der Waals surface area contributed by atoms with Gasteiger partial charge in [0.1, 0.15) is 60.3 Å². The fourth-order valence-electron chi connectivity index (χ4n) is 7.48. The van der Waals surface area contributed by atoms with Gasteiger partial charge in [-0.15, -0.1) is 0 Å². The Balaban J connectivity index is 1.33. The second-order valence-electron chi connectivity index (χ2n) is 14.3. The summed E-state index contributed by atoms with van der Waals surface area (Å²) in [6, 6.07) is 24.4. The standard InChI is InChI=1S/C43H50Cl2O13/c1-4-54-30-12-6-24(7-13-30)18-26-20-28(10-16-32(26)44)42(53-3)40(51)39(50)37(48)35(58-42)23-56-43(41(52)38(49)36(47)34(22-46)57-43)29-11-17-33(45)27(21-29)19-25-8-14-31(15-9-25)55-5-2/h6-17,20-21,34-41,46-52H,4-5,18-19,22-23H2,1-3H3/t34-,35-,36-,37-,38+,39+,40-,41-,42-,43?/m1/s1. The van der Waals surface area contributed by atoms with E-state index in [4.69, 9.17) is 51.6 Å². The fourth-order valence-corrected chi connectivity index (χ4v) is 7.85. The molecular formula is C43H50Cl2O13. The summed E-state index contributed by atoms with van der Waals surface area (Å²) in [5.41, 5.74) is 3.43. The van der Waals surface area contributed by atoms with Crippen molar-refractivity contribution in [1.29, 1.82) is 0 Å². The molecule has 0 saturated carbocycles. The number of halogens is 2. The van der Waals surface area contributed by atoms with Crippen LogP contribution < -0.4 is 9.47 Å². The predicted molar refractivity (Wildman–Crippen MR) is 213 cm³/mol. The van der Waals surface area contributed by atoms with Gasteiger partial charge in [-0.25, -0.2) is 0 Å². The zero-order valence-electron chi connectivity index (χ0n) is 32.3. The van der Waals surface area contributed by atoms with Gasteiger partial charge in [-0.3, -0.25) is 0 Å². The second kappa shape index (κ2) is 18.9. The van der Waals surface area contributed by atoms with E-state index in [9.17, 15) is 35.7 Å². The molecule has 0 bridgehead atoms. The van der Waals surface area contributed by atoms with E-state index in [1.165, 1.54) is 13.2 Å². The number of ether oxygens (including phenoxy) is 6. The van der Waals surface area contributed by atoms with Gasteiger partial charge in [-0.2, -0.15) is 0 Å². The summed E-state index contributed by atoms with van der Waals surface area (Å²) < 4.78 is 35.8. The third kappa shape index (κ3) is 8.89. The lowest BCUT2D eigenvalue weighted by atomic mass is 9.86. The molecule has 2 aliphatic rings. The number of hydrogen-bond donors (Lipinski definition) is 7. The molecule has 6 rings (SSSR count). The maximum atomic E-state index is 11.7. The molecule has 0 aliphatic carbocycles. The highest BCUT2D eigenvalue weighted by molar-refractivity contribution is 6.31. The molecule has 10 atom stereocenters. The van der Waals surface area contributed by atoms with Gasteiger partial charge in [0, 0.05) is 28.3 Å². The molecule has 0 aromatic heterocycles. The molecule has 1 unspecified atom stereocenters. The summed E-state index contributed by atoms with van der Waals surface area (Å²) in [4.78, 5) is 0. The summed E-state index contributed by atoms with van der Waals surface area (Å²) in [5, 5.41) is 78.6. The highest BCUT2D eigenvalue weighted by atomic mass is 35.5. The number of aliphatic hydroxyl groups is 7. The van der Waals surface area contributed by atoms with Crippen molar-refractivity contribution in [2.75, 3.05) is 33.5 Å². The highest BCUT2D eigenvalue weighted by Gasteiger charge is 2.59. The van der Waals surface area contributed by atoms with E-state index in [0.717, 1.165) is 16.9 Å². The highest BCUT2D eigenvalue weighted by Crippen LogP contribution is 2.44. The Morgan fingerprint density at radius 1 is 0.586 bits per heavy atom. The molecule has 2 heterocycles. The Morgan fingerprint density at radius 3 is 1.47 bits per heavy atom. The molecular weight excluding hydrogens is 795 g/mol. The minimum atomic E-state index is -2.30. The Hall–Kier alpha value is -3.38. The van der Waals surface area contributed by atoms with Crippen molar-refractivity contribution in [1.82, 2.24) is 0 Å². The smallest absolute Gasteiger partial charge is 0.225 e. The number of benzene rings is 4. The van der Waals surface area contributed by atoms with Crippen molar-refractivity contribution in [2.45, 2.75) is 87.1 Å². The molecule has 2 aliphatic heterocycles. The lowest BCUT2D eigenvalue weighted by Crippen LogP contribution is -2.67. The predicted octanol–water partition coefficient (Wildman–Crippen LogP) is 3.60. The van der Waals surface area contributed by atoms with Crippen molar-refractivity contribution >= 4 is 23.2 Å². The van der Waals surface area contributed by atoms with E-state index in [-0.39, 0.29) is 11.1 Å². The van der Waals surface area contributed by atoms with Crippen LogP contribution in [0.3, 0.4) is 0 Å². The summed E-state index contributed by atoms with van der Waals surface area (Å²) >= 11 is 13.3. The fraction of sp³-hybridized carbons (Fsp3) is 0.442. The summed E-state index contributed by atoms with van der Waals surface area (Å²) in [6.45, 7) is 3.41. The molecule has 4 aromatic rings. The van der Waals surface area contributed by atoms with Crippen LogP contribution >= 0.6 is 23.2 Å². The normalized spacial score (nSPS) is 29.9. The van der Waals surface area contributed by atoms with Gasteiger partial charge in [0.05, 0.1) is 26.4 Å². The minimum Gasteiger partial charge on any atom is -0.494 e. The number of rotatable bonds is 15. The lowest BCUT2D eigenvalue weighted by molar-refractivity contribution is -0.400. The van der Waals surface area contributed by atoms with Crippen molar-refractivity contribution in [3.63, 3.8) is 0 Å². The van der Waals surface area contributed by atoms with E-state index in [0.29, 0.717) is 53.0 Å². The molecule has 2 saturated heterocycles. The van der Waals surface area contributed by atoms with Gasteiger partial charge in [0.2, 0.25) is 11.6 Å². The first-order valence-electron chi connectivity index (χ1n) is 19.1. The molecule has 15 heteroatoms. The van der Waals surface area contributed by atoms with Crippen LogP contribution in [0, 0.1) is 0 Å². The third-order valence-corrected chi connectivity index (χ3v) is 11.4. The van der Waals surface area contributed by atoms with Crippen LogP contribution in [0.15, 0.2) is 84.9 Å². The molecule has 314 valence electrons. The van der Waals surface area contributed by atoms with Crippen molar-refractivity contribution in [3.8, 4) is 11.5 Å². The van der Waals surface area contributed by atoms with Gasteiger partial charge in [0.15, 0.2) is 0 Å². The number of methoxy groups -OCH3 is 1. The Bertz CT molecular complexity index is 1970. The summed E-state index contributed by atoms with van der Waals surface area (Å²) in [7, 11) is 1.27. The number of hydrogen-bond acceptors (Lipinski definition) is 13. The van der Waals surface area contributed by atoms with Crippen LogP contribution in [0.2, 0.25) is 10.0 Å². The first kappa shape index (κ1) is 44.2. The largest absolute Gasteiger partial charge is 0.494 e. The van der Waals surface area contributed by atoms with Crippen LogP contribution in [0.1, 0.15) is 47.2 Å². The lowest BCUT2D eigenvalue weighted by Gasteiger charge is -2.51. The monoisotopic (exact) mass is 844 g/mol. The van der Waals surface area contributed by atoms with Crippen LogP contribution in [-0.2, 0) is 43.4 Å². The Kier molecular flexibility index (Phi) is 14.4. The topological polar surface area (TPSA) is 197 Å². The van der Waals surface area contributed by atoms with E-state index < -0.39 is 73.6 Å². The molecule has 4 aromatic carbocycles. The quantitative estimate of drug-likeness (QED) is 0.0918. The molecule has 2 fully saturated rings. The minimum absolute atomic E-state index is 0.148. The maximum absolute atomic E-state index is 11.7. The SMILES string of the molecule is CCOc1ccc(Cc2cc(C3(OC[C@H]4O[C@](OC)(c5ccc(Cl)c(Cc6ccc(OCC)cc6)c5)[C@H](O)[C@@H](O)[C@@H]4O)O[C@H](CO)[C@@H](O)[C@H](O)[C@H]3O)ccc2Cl)cc1. The van der Waals surface area contributed by atoms with E-state index in [1.807, 2.05) is 62.4 Å². The van der Waals surface area contributed by atoms with Gasteiger partial charge >= 0.3 is 0 Å². The van der Waals surface area contributed by atoms with E-state index in [2.05, 4.69) is 0 Å². The van der Waals surface area contributed by atoms with Gasteiger partial charge in [-0.1, -0.05) is 59.6 Å². The molecule has 7 N–H and O–H groups in total. The van der Waals surface area contributed by atoms with Gasteiger partial charge in [0.25, 0.3) is 0 Å². The van der Waals surface area contributed by atoms with E-state index in [1.54, 1.807) is 30.3 Å². The number of aliphatic hydroxyl groups excluding tert-OH is 7. The second-order valence-corrected chi connectivity index (χ2v) is 15.1. The summed E-state index contributed by atoms with van der Waals surface area (Å²) in [6.07, 6.45) is -13.2. The van der Waals surface area contributed by atoms with Gasteiger partial charge in [-0.05, 0) is 97.5 Å². The molecule has 58 heavy (non-hydrogen) atoms. The van der Waals surface area contributed by atoms with Gasteiger partial charge < -0.3 is 64.2 Å². The zero-order chi connectivity index (χ0) is 41.8. The third-order valence-electron chi connectivity index (χ3n) is 10.6. The molecule has 13 nitrogen and oxygen atoms in total. The van der Waals surface area contributed by atoms with Crippen LogP contribution in [0.5, 0.6) is 11.5 Å². The average molecular weight is 846 g/mol. The molecule has 0 radical (unpaired) electrons. The first-order chi connectivity index (χ1) is 27.8. The molecule has 0 amide bonds. The maximum Gasteiger partial charge on any atom is 0.225 e. The Morgan fingerprint density at radius 2 is 1.02 bits per heavy atom. The van der Waals surface area contributed by atoms with E-state index >= 15 is 0 Å². The average Bonchev–Trinajstić information content (AvgIpc) is 3.23. The van der Waals surface area contributed by atoms with Crippen LogP contribution in [0.25, 0.3) is 0 Å². The Labute approximate surface area is 346 Å². The van der Waals surface area contributed by atoms with Crippen molar-refractivity contribution in [2.24, 2.45) is 0 Å². The zero-order valence-corrected chi connectivity index (χ0v) is 33.8. The summed E-state index contributed by atoms with van der Waals surface area (Å²) in [5.74, 6) is -2.95. The first-order valence-corrected chi connectivity index (χ1v) is 19.8. The van der Waals surface area contributed by atoms with Crippen molar-refractivity contribution in [3.05, 3.63) is 128 Å². The van der Waals surface area contributed by atoms with Crippen molar-refractivity contribution < 1.29 is 64.2 Å². The van der Waals surface area contributed by atoms with Crippen LogP contribution in [0.4, 0.5) is 0 Å². The van der Waals surface area contributed by atoms with Crippen LogP contribution in [-0.4, -0.2) is 118 Å². The molecule has 0 spiro atoms.